The van der Waals surface area contributed by atoms with Crippen LogP contribution in [0.25, 0.3) is 60.6 Å². The van der Waals surface area contributed by atoms with Crippen molar-refractivity contribution in [3.63, 3.8) is 0 Å². The van der Waals surface area contributed by atoms with Gasteiger partial charge in [0.2, 0.25) is 0 Å². The fraction of sp³-hybridized carbons (Fsp3) is 0.125. The summed E-state index contributed by atoms with van der Waals surface area (Å²) in [5.74, 6) is 0. The van der Waals surface area contributed by atoms with E-state index in [1.807, 2.05) is 0 Å². The van der Waals surface area contributed by atoms with Gasteiger partial charge >= 0.3 is 0 Å². The third kappa shape index (κ3) is 3.68. The van der Waals surface area contributed by atoms with Crippen molar-refractivity contribution in [3.05, 3.63) is 168 Å². The third-order valence-electron chi connectivity index (χ3n) is 11.9. The third-order valence-corrected chi connectivity index (χ3v) is 11.9. The van der Waals surface area contributed by atoms with E-state index in [1.54, 1.807) is 0 Å². The highest BCUT2D eigenvalue weighted by Crippen LogP contribution is 2.57. The smallest absolute Gasteiger partial charge is 0.135 e. The van der Waals surface area contributed by atoms with Gasteiger partial charge in [0.25, 0.3) is 0 Å². The van der Waals surface area contributed by atoms with E-state index in [0.717, 1.165) is 22.2 Å². The number of hydrogen-bond donors (Lipinski definition) is 0. The van der Waals surface area contributed by atoms with Crippen molar-refractivity contribution < 1.29 is 4.42 Å². The maximum absolute atomic E-state index is 6.52. The molecule has 0 bridgehead atoms. The Balaban J connectivity index is 1.21. The summed E-state index contributed by atoms with van der Waals surface area (Å²) in [7, 11) is 0. The number of para-hydroxylation sites is 3. The Bertz CT molecular complexity index is 2880. The zero-order chi connectivity index (χ0) is 34.2. The van der Waals surface area contributed by atoms with Crippen LogP contribution in [0.15, 0.2) is 150 Å². The van der Waals surface area contributed by atoms with Crippen molar-refractivity contribution in [2.75, 3.05) is 4.90 Å². The average Bonchev–Trinajstić information content (AvgIpc) is 3.77. The van der Waals surface area contributed by atoms with Gasteiger partial charge in [-0.05, 0) is 94.0 Å². The minimum atomic E-state index is -0.339. The molecule has 0 amide bonds. The van der Waals surface area contributed by atoms with E-state index in [0.29, 0.717) is 0 Å². The molecule has 7 aromatic carbocycles. The molecule has 3 heterocycles. The first kappa shape index (κ1) is 28.7. The second kappa shape index (κ2) is 9.80. The van der Waals surface area contributed by atoms with E-state index in [-0.39, 0.29) is 10.8 Å². The monoisotopic (exact) mass is 656 g/mol. The molecule has 1 aliphatic carbocycles. The molecular weight excluding hydrogens is 621 g/mol. The van der Waals surface area contributed by atoms with Gasteiger partial charge in [-0.15, -0.1) is 0 Å². The Hall–Kier alpha value is -6.06. The normalized spacial score (nSPS) is 15.3. The highest BCUT2D eigenvalue weighted by Gasteiger charge is 2.41. The van der Waals surface area contributed by atoms with Crippen LogP contribution in [-0.2, 0) is 10.8 Å². The number of hydrogen-bond acceptors (Lipinski definition) is 2. The van der Waals surface area contributed by atoms with Gasteiger partial charge in [0.05, 0.1) is 22.4 Å². The van der Waals surface area contributed by atoms with Crippen LogP contribution in [0, 0.1) is 0 Å². The molecule has 2 aliphatic rings. The number of nitrogens with zero attached hydrogens (tertiary/aromatic N) is 2. The first-order valence-corrected chi connectivity index (χ1v) is 17.9. The Morgan fingerprint density at radius 2 is 1.06 bits per heavy atom. The zero-order valence-corrected chi connectivity index (χ0v) is 29.2. The van der Waals surface area contributed by atoms with Crippen LogP contribution in [-0.4, -0.2) is 4.57 Å². The van der Waals surface area contributed by atoms with Crippen LogP contribution < -0.4 is 4.90 Å². The van der Waals surface area contributed by atoms with Crippen molar-refractivity contribution in [1.29, 1.82) is 0 Å². The zero-order valence-electron chi connectivity index (χ0n) is 29.2. The van der Waals surface area contributed by atoms with Crippen molar-refractivity contribution >= 4 is 60.8 Å². The first-order chi connectivity index (χ1) is 24.8. The molecule has 1 aliphatic heterocycles. The lowest BCUT2D eigenvalue weighted by molar-refractivity contribution is 0.633. The summed E-state index contributed by atoms with van der Waals surface area (Å²) in [4.78, 5) is 2.51. The van der Waals surface area contributed by atoms with Gasteiger partial charge < -0.3 is 13.9 Å². The van der Waals surface area contributed by atoms with E-state index in [9.17, 15) is 0 Å². The van der Waals surface area contributed by atoms with Gasteiger partial charge in [-0.3, -0.25) is 0 Å². The SMILES string of the molecule is CC1(C)c2ccccc2-c2ccc(N3c4ccc(-n5c6ccccc6c6ccccc65)cc4C(C)(C)c4c3ccc3oc5ccccc5c43)cc21. The molecule has 2 aromatic heterocycles. The lowest BCUT2D eigenvalue weighted by Crippen LogP contribution is -2.31. The summed E-state index contributed by atoms with van der Waals surface area (Å²) in [5.41, 5.74) is 16.6. The van der Waals surface area contributed by atoms with Gasteiger partial charge in [0.15, 0.2) is 0 Å². The van der Waals surface area contributed by atoms with Crippen molar-refractivity contribution in [2.24, 2.45) is 0 Å². The number of benzene rings is 7. The number of anilines is 3. The van der Waals surface area contributed by atoms with E-state index < -0.39 is 0 Å². The molecule has 3 heteroatoms. The molecule has 51 heavy (non-hydrogen) atoms. The Labute approximate surface area is 297 Å². The molecule has 9 aromatic rings. The summed E-state index contributed by atoms with van der Waals surface area (Å²) >= 11 is 0. The largest absolute Gasteiger partial charge is 0.456 e. The van der Waals surface area contributed by atoms with Crippen molar-refractivity contribution in [3.8, 4) is 16.8 Å². The lowest BCUT2D eigenvalue weighted by Gasteiger charge is -2.43. The highest BCUT2D eigenvalue weighted by atomic mass is 16.3. The van der Waals surface area contributed by atoms with E-state index in [1.165, 1.54) is 77.6 Å². The Morgan fingerprint density at radius 1 is 0.451 bits per heavy atom. The Kier molecular flexibility index (Phi) is 5.52. The topological polar surface area (TPSA) is 21.3 Å². The van der Waals surface area contributed by atoms with Gasteiger partial charge in [-0.25, -0.2) is 0 Å². The molecule has 0 N–H and O–H groups in total. The number of fused-ring (bicyclic) bond motifs is 12. The summed E-state index contributed by atoms with van der Waals surface area (Å²) in [6, 6.07) is 53.6. The van der Waals surface area contributed by atoms with Crippen molar-refractivity contribution in [1.82, 2.24) is 4.57 Å². The summed E-state index contributed by atoms with van der Waals surface area (Å²) in [6.07, 6.45) is 0. The summed E-state index contributed by atoms with van der Waals surface area (Å²) in [6.45, 7) is 9.51. The Morgan fingerprint density at radius 3 is 1.84 bits per heavy atom. The lowest BCUT2D eigenvalue weighted by atomic mass is 9.71. The summed E-state index contributed by atoms with van der Waals surface area (Å²) in [5, 5.41) is 4.89. The van der Waals surface area contributed by atoms with Crippen LogP contribution in [0.5, 0.6) is 0 Å². The minimum Gasteiger partial charge on any atom is -0.456 e. The molecule has 244 valence electrons. The molecule has 3 nitrogen and oxygen atoms in total. The minimum absolute atomic E-state index is 0.103. The fourth-order valence-corrected chi connectivity index (χ4v) is 9.56. The van der Waals surface area contributed by atoms with Gasteiger partial charge in [-0.2, -0.15) is 0 Å². The quantitative estimate of drug-likeness (QED) is 0.185. The standard InChI is InChI=1S/C48H36N2O/c1-47(2)36-17-9-5-13-31(36)32-23-21-29(27-37(32)47)50-41-24-22-30(49-39-18-10-6-14-33(39)34-15-7-11-19-40(34)49)28-38(41)48(3,4)46-42(50)25-26-44-45(46)35-16-8-12-20-43(35)51-44/h5-28H,1-4H3. The predicted molar refractivity (Wildman–Crippen MR) is 212 cm³/mol. The van der Waals surface area contributed by atoms with Crippen LogP contribution in [0.1, 0.15) is 49.9 Å². The molecule has 11 rings (SSSR count). The predicted octanol–water partition coefficient (Wildman–Crippen LogP) is 13.1. The van der Waals surface area contributed by atoms with Crippen LogP contribution >= 0.6 is 0 Å². The maximum atomic E-state index is 6.52. The molecule has 0 saturated carbocycles. The molecule has 0 radical (unpaired) electrons. The van der Waals surface area contributed by atoms with Gasteiger partial charge in [0.1, 0.15) is 11.2 Å². The summed E-state index contributed by atoms with van der Waals surface area (Å²) < 4.78 is 8.96. The average molecular weight is 657 g/mol. The maximum Gasteiger partial charge on any atom is 0.135 e. The van der Waals surface area contributed by atoms with Gasteiger partial charge in [0, 0.05) is 43.7 Å². The molecule has 0 saturated heterocycles. The van der Waals surface area contributed by atoms with Crippen LogP contribution in [0.4, 0.5) is 17.1 Å². The van der Waals surface area contributed by atoms with E-state index in [4.69, 9.17) is 4.42 Å². The second-order valence-corrected chi connectivity index (χ2v) is 15.4. The van der Waals surface area contributed by atoms with E-state index in [2.05, 4.69) is 183 Å². The molecule has 0 spiro atoms. The first-order valence-electron chi connectivity index (χ1n) is 17.9. The molecule has 0 unspecified atom stereocenters. The molecular formula is C48H36N2O. The number of rotatable bonds is 2. The number of aromatic nitrogens is 1. The molecule has 0 fully saturated rings. The second-order valence-electron chi connectivity index (χ2n) is 15.4. The highest BCUT2D eigenvalue weighted by molar-refractivity contribution is 6.12. The van der Waals surface area contributed by atoms with Gasteiger partial charge in [-0.1, -0.05) is 113 Å². The van der Waals surface area contributed by atoms with Crippen LogP contribution in [0.3, 0.4) is 0 Å². The molecule has 0 atom stereocenters. The fourth-order valence-electron chi connectivity index (χ4n) is 9.56. The van der Waals surface area contributed by atoms with Crippen molar-refractivity contribution in [2.45, 2.75) is 38.5 Å². The van der Waals surface area contributed by atoms with Crippen LogP contribution in [0.2, 0.25) is 0 Å². The van der Waals surface area contributed by atoms with E-state index >= 15 is 0 Å². The number of furan rings is 1.